The van der Waals surface area contributed by atoms with Gasteiger partial charge in [0.15, 0.2) is 5.82 Å². The van der Waals surface area contributed by atoms with E-state index >= 15 is 0 Å². The van der Waals surface area contributed by atoms with E-state index in [1.54, 1.807) is 13.0 Å². The molecular formula is C16H26N4O3. The molecule has 2 rings (SSSR count). The van der Waals surface area contributed by atoms with E-state index in [4.69, 9.17) is 4.52 Å². The van der Waals surface area contributed by atoms with Crippen molar-refractivity contribution in [3.8, 4) is 0 Å². The summed E-state index contributed by atoms with van der Waals surface area (Å²) in [5, 5.41) is 16.4. The highest BCUT2D eigenvalue weighted by molar-refractivity contribution is 5.91. The number of allylic oxidation sites excluding steroid dienone is 1. The van der Waals surface area contributed by atoms with Gasteiger partial charge in [0, 0.05) is 38.8 Å². The van der Waals surface area contributed by atoms with Crippen LogP contribution >= 0.6 is 0 Å². The summed E-state index contributed by atoms with van der Waals surface area (Å²) >= 11 is 0. The molecular weight excluding hydrogens is 296 g/mol. The number of aliphatic hydroxyl groups excluding tert-OH is 1. The van der Waals surface area contributed by atoms with E-state index in [1.807, 2.05) is 6.08 Å². The Morgan fingerprint density at radius 1 is 1.48 bits per heavy atom. The van der Waals surface area contributed by atoms with Gasteiger partial charge in [0.1, 0.15) is 5.76 Å². The lowest BCUT2D eigenvalue weighted by Crippen LogP contribution is -2.50. The average Bonchev–Trinajstić information content (AvgIpc) is 2.92. The van der Waals surface area contributed by atoms with Crippen LogP contribution in [0.3, 0.4) is 0 Å². The molecule has 0 aromatic carbocycles. The van der Waals surface area contributed by atoms with Crippen LogP contribution in [0.1, 0.15) is 18.6 Å². The number of hydrogen-bond donors (Lipinski definition) is 2. The number of β-amino-alcohol motifs (C(OH)–C–C–N with tert-alkyl or cyclic N) is 1. The summed E-state index contributed by atoms with van der Waals surface area (Å²) in [4.78, 5) is 16.3. The predicted molar refractivity (Wildman–Crippen MR) is 88.2 cm³/mol. The number of nitrogens with one attached hydrogen (secondary N) is 1. The number of aromatic nitrogens is 1. The summed E-state index contributed by atoms with van der Waals surface area (Å²) in [6, 6.07) is 1.69. The molecule has 1 aliphatic rings. The first-order valence-corrected chi connectivity index (χ1v) is 8.03. The smallest absolute Gasteiger partial charge is 0.239 e. The zero-order valence-electron chi connectivity index (χ0n) is 13.7. The van der Waals surface area contributed by atoms with Crippen molar-refractivity contribution >= 4 is 11.7 Å². The molecule has 0 radical (unpaired) electrons. The molecule has 1 aromatic rings. The summed E-state index contributed by atoms with van der Waals surface area (Å²) in [6.45, 7) is 9.85. The molecule has 128 valence electrons. The van der Waals surface area contributed by atoms with E-state index in [9.17, 15) is 9.90 Å². The van der Waals surface area contributed by atoms with Crippen molar-refractivity contribution in [3.05, 3.63) is 24.5 Å². The summed E-state index contributed by atoms with van der Waals surface area (Å²) < 4.78 is 4.92. The molecule has 1 saturated heterocycles. The van der Waals surface area contributed by atoms with Crippen molar-refractivity contribution in [1.82, 2.24) is 15.0 Å². The Kier molecular flexibility index (Phi) is 6.76. The Morgan fingerprint density at radius 3 is 2.78 bits per heavy atom. The van der Waals surface area contributed by atoms with Crippen LogP contribution in [-0.4, -0.2) is 71.3 Å². The third-order valence-corrected chi connectivity index (χ3v) is 3.90. The minimum atomic E-state index is -0.307. The van der Waals surface area contributed by atoms with Gasteiger partial charge in [-0.1, -0.05) is 11.2 Å². The van der Waals surface area contributed by atoms with Crippen LogP contribution in [0.5, 0.6) is 0 Å². The minimum Gasteiger partial charge on any atom is -0.392 e. The Balaban J connectivity index is 1.66. The first-order chi connectivity index (χ1) is 11.1. The Morgan fingerprint density at radius 2 is 2.17 bits per heavy atom. The average molecular weight is 322 g/mol. The molecule has 1 amide bonds. The Labute approximate surface area is 136 Å². The van der Waals surface area contributed by atoms with E-state index in [-0.39, 0.29) is 12.0 Å². The van der Waals surface area contributed by atoms with Crippen LogP contribution in [0.4, 0.5) is 5.82 Å². The lowest BCUT2D eigenvalue weighted by molar-refractivity contribution is -0.117. The van der Waals surface area contributed by atoms with Gasteiger partial charge in [-0.25, -0.2) is 0 Å². The number of hydrogen-bond acceptors (Lipinski definition) is 6. The maximum absolute atomic E-state index is 12.0. The van der Waals surface area contributed by atoms with Crippen LogP contribution in [-0.2, 0) is 4.79 Å². The number of aryl methyl sites for hydroxylation is 1. The number of carbonyl (C=O) groups is 1. The second-order valence-electron chi connectivity index (χ2n) is 5.97. The van der Waals surface area contributed by atoms with Crippen molar-refractivity contribution in [3.63, 3.8) is 0 Å². The van der Waals surface area contributed by atoms with Crippen molar-refractivity contribution in [2.45, 2.75) is 25.9 Å². The molecule has 2 heterocycles. The number of carbonyl (C=O) groups excluding carboxylic acids is 1. The van der Waals surface area contributed by atoms with Gasteiger partial charge < -0.3 is 14.9 Å². The molecule has 2 N–H and O–H groups in total. The molecule has 0 aliphatic carbocycles. The molecule has 0 saturated carbocycles. The molecule has 1 atom stereocenters. The zero-order chi connectivity index (χ0) is 16.7. The molecule has 1 unspecified atom stereocenters. The van der Waals surface area contributed by atoms with Gasteiger partial charge in [0.2, 0.25) is 5.91 Å². The summed E-state index contributed by atoms with van der Waals surface area (Å²) in [5.74, 6) is 1.04. The molecule has 23 heavy (non-hydrogen) atoms. The van der Waals surface area contributed by atoms with Gasteiger partial charge in [-0.15, -0.1) is 6.58 Å². The molecule has 1 aromatic heterocycles. The number of amides is 1. The van der Waals surface area contributed by atoms with Crippen LogP contribution in [0, 0.1) is 6.92 Å². The van der Waals surface area contributed by atoms with Crippen LogP contribution in [0.15, 0.2) is 23.2 Å². The number of anilines is 1. The van der Waals surface area contributed by atoms with E-state index in [2.05, 4.69) is 26.9 Å². The van der Waals surface area contributed by atoms with Crippen molar-refractivity contribution in [2.24, 2.45) is 0 Å². The minimum absolute atomic E-state index is 0.0854. The second-order valence-corrected chi connectivity index (χ2v) is 5.97. The molecule has 0 spiro atoms. The largest absolute Gasteiger partial charge is 0.392 e. The zero-order valence-corrected chi connectivity index (χ0v) is 13.7. The van der Waals surface area contributed by atoms with Crippen molar-refractivity contribution < 1.29 is 14.4 Å². The highest BCUT2D eigenvalue weighted by Gasteiger charge is 2.20. The van der Waals surface area contributed by atoms with Crippen LogP contribution in [0.25, 0.3) is 0 Å². The van der Waals surface area contributed by atoms with Crippen LogP contribution < -0.4 is 5.32 Å². The van der Waals surface area contributed by atoms with Crippen molar-refractivity contribution in [2.75, 3.05) is 44.6 Å². The lowest BCUT2D eigenvalue weighted by Gasteiger charge is -2.35. The third kappa shape index (κ3) is 6.13. The third-order valence-electron chi connectivity index (χ3n) is 3.90. The van der Waals surface area contributed by atoms with Gasteiger partial charge in [0.05, 0.1) is 12.6 Å². The summed E-state index contributed by atoms with van der Waals surface area (Å²) in [7, 11) is 0. The molecule has 7 heteroatoms. The fourth-order valence-electron chi connectivity index (χ4n) is 2.64. The first-order valence-electron chi connectivity index (χ1n) is 8.03. The van der Waals surface area contributed by atoms with E-state index in [0.717, 1.165) is 39.0 Å². The first kappa shape index (κ1) is 17.7. The monoisotopic (exact) mass is 322 g/mol. The normalized spacial score (nSPS) is 17.8. The van der Waals surface area contributed by atoms with Gasteiger partial charge in [-0.05, 0) is 19.8 Å². The highest BCUT2D eigenvalue weighted by atomic mass is 16.5. The SMILES string of the molecule is C=CCCC(O)CN1CCN(CC(=O)Nc2cc(C)on2)CC1. The standard InChI is InChI=1S/C16H26N4O3/c1-3-4-5-14(21)11-19-6-8-20(9-7-19)12-16(22)17-15-10-13(2)23-18-15/h3,10,14,21H,1,4-9,11-12H2,2H3,(H,17,18,22). The Hall–Kier alpha value is -1.70. The van der Waals surface area contributed by atoms with Gasteiger partial charge >= 0.3 is 0 Å². The van der Waals surface area contributed by atoms with Crippen molar-refractivity contribution in [1.29, 1.82) is 0 Å². The lowest BCUT2D eigenvalue weighted by atomic mass is 10.1. The molecule has 7 nitrogen and oxygen atoms in total. The number of nitrogens with zero attached hydrogens (tertiary/aromatic N) is 3. The second kappa shape index (κ2) is 8.81. The summed E-state index contributed by atoms with van der Waals surface area (Å²) in [6.07, 6.45) is 3.11. The van der Waals surface area contributed by atoms with E-state index in [0.29, 0.717) is 24.7 Å². The van der Waals surface area contributed by atoms with E-state index < -0.39 is 0 Å². The molecule has 1 aliphatic heterocycles. The highest BCUT2D eigenvalue weighted by Crippen LogP contribution is 2.08. The van der Waals surface area contributed by atoms with Gasteiger partial charge in [-0.2, -0.15) is 0 Å². The Bertz CT molecular complexity index is 509. The maximum atomic E-state index is 12.0. The van der Waals surface area contributed by atoms with Crippen LogP contribution in [0.2, 0.25) is 0 Å². The fourth-order valence-corrected chi connectivity index (χ4v) is 2.64. The van der Waals surface area contributed by atoms with Gasteiger partial charge in [-0.3, -0.25) is 14.6 Å². The molecule has 0 bridgehead atoms. The van der Waals surface area contributed by atoms with E-state index in [1.165, 1.54) is 0 Å². The number of aliphatic hydroxyl groups is 1. The predicted octanol–water partition coefficient (Wildman–Crippen LogP) is 0.866. The summed E-state index contributed by atoms with van der Waals surface area (Å²) in [5.41, 5.74) is 0. The molecule has 1 fully saturated rings. The fraction of sp³-hybridized carbons (Fsp3) is 0.625. The van der Waals surface area contributed by atoms with Gasteiger partial charge in [0.25, 0.3) is 0 Å². The number of piperazine rings is 1. The maximum Gasteiger partial charge on any atom is 0.239 e. The number of rotatable bonds is 8. The quantitative estimate of drug-likeness (QED) is 0.691. The topological polar surface area (TPSA) is 81.8 Å².